The van der Waals surface area contributed by atoms with Gasteiger partial charge < -0.3 is 4.74 Å². The van der Waals surface area contributed by atoms with Crippen molar-refractivity contribution in [3.63, 3.8) is 0 Å². The molecule has 0 amide bonds. The van der Waals surface area contributed by atoms with Gasteiger partial charge in [0, 0.05) is 6.07 Å². The van der Waals surface area contributed by atoms with Crippen LogP contribution >= 0.6 is 0 Å². The molecular weight excluding hydrogens is 160 g/mol. The van der Waals surface area contributed by atoms with E-state index in [0.717, 1.165) is 11.3 Å². The Labute approximate surface area is 80.7 Å². The summed E-state index contributed by atoms with van der Waals surface area (Å²) in [5.74, 6) is 0.841. The number of rotatable bonds is 1. The van der Waals surface area contributed by atoms with E-state index in [1.54, 1.807) is 7.11 Å². The first-order valence-corrected chi connectivity index (χ1v) is 4.52. The van der Waals surface area contributed by atoms with Crippen molar-refractivity contribution in [2.24, 2.45) is 0 Å². The molecule has 0 aliphatic rings. The number of ether oxygens (including phenoxy) is 1. The minimum absolute atomic E-state index is 0.188. The first-order valence-electron chi connectivity index (χ1n) is 4.52. The number of aryl methyl sites for hydroxylation is 1. The largest absolute Gasteiger partial charge is 0.496 e. The normalized spacial score (nSPS) is 11.5. The fourth-order valence-corrected chi connectivity index (χ4v) is 1.25. The van der Waals surface area contributed by atoms with Gasteiger partial charge in [-0.2, -0.15) is 0 Å². The molecule has 0 saturated carbocycles. The lowest BCUT2D eigenvalue weighted by molar-refractivity contribution is 0.410. The highest BCUT2D eigenvalue weighted by molar-refractivity contribution is 5.37. The number of hydrogen-bond acceptors (Lipinski definition) is 1. The standard InChI is InChI=1S/C12H17O/c1-9-8-10(12(2,3)4)6-7-11(9)13-5/h6,8H,1-5H3. The van der Waals surface area contributed by atoms with Crippen molar-refractivity contribution in [3.05, 3.63) is 29.3 Å². The minimum atomic E-state index is 0.188. The van der Waals surface area contributed by atoms with E-state index in [9.17, 15) is 0 Å². The van der Waals surface area contributed by atoms with Crippen molar-refractivity contribution in [3.8, 4) is 5.75 Å². The summed E-state index contributed by atoms with van der Waals surface area (Å²) in [6, 6.07) is 7.31. The van der Waals surface area contributed by atoms with Crippen molar-refractivity contribution in [2.45, 2.75) is 33.1 Å². The predicted octanol–water partition coefficient (Wildman–Crippen LogP) is 3.10. The van der Waals surface area contributed by atoms with Gasteiger partial charge in [-0.15, -0.1) is 0 Å². The van der Waals surface area contributed by atoms with Gasteiger partial charge in [-0.05, 0) is 29.5 Å². The average Bonchev–Trinajstić information content (AvgIpc) is 2.02. The molecule has 0 saturated heterocycles. The monoisotopic (exact) mass is 177 g/mol. The van der Waals surface area contributed by atoms with Gasteiger partial charge in [0.05, 0.1) is 7.11 Å². The predicted molar refractivity (Wildman–Crippen MR) is 55.3 cm³/mol. The van der Waals surface area contributed by atoms with Crippen LogP contribution in [0.3, 0.4) is 0 Å². The molecule has 13 heavy (non-hydrogen) atoms. The van der Waals surface area contributed by atoms with Gasteiger partial charge in [0.2, 0.25) is 0 Å². The van der Waals surface area contributed by atoms with Crippen molar-refractivity contribution in [2.75, 3.05) is 7.11 Å². The van der Waals surface area contributed by atoms with Crippen molar-refractivity contribution >= 4 is 0 Å². The molecule has 0 fully saturated rings. The molecule has 1 rings (SSSR count). The maximum atomic E-state index is 5.16. The molecule has 1 nitrogen and oxygen atoms in total. The van der Waals surface area contributed by atoms with Crippen LogP contribution in [-0.2, 0) is 5.41 Å². The summed E-state index contributed by atoms with van der Waals surface area (Å²) in [4.78, 5) is 0. The van der Waals surface area contributed by atoms with Crippen LogP contribution in [0.1, 0.15) is 31.9 Å². The fraction of sp³-hybridized carbons (Fsp3) is 0.500. The van der Waals surface area contributed by atoms with Gasteiger partial charge in [0.25, 0.3) is 0 Å². The van der Waals surface area contributed by atoms with Crippen LogP contribution in [0.5, 0.6) is 5.75 Å². The van der Waals surface area contributed by atoms with E-state index in [-0.39, 0.29) is 5.41 Å². The van der Waals surface area contributed by atoms with Crippen LogP contribution in [0.2, 0.25) is 0 Å². The molecule has 0 spiro atoms. The van der Waals surface area contributed by atoms with Crippen LogP contribution in [-0.4, -0.2) is 7.11 Å². The number of methoxy groups -OCH3 is 1. The summed E-state index contributed by atoms with van der Waals surface area (Å²) >= 11 is 0. The highest BCUT2D eigenvalue weighted by Crippen LogP contribution is 2.26. The third kappa shape index (κ3) is 2.24. The minimum Gasteiger partial charge on any atom is -0.496 e. The first kappa shape index (κ1) is 10.1. The molecular formula is C12H17O. The van der Waals surface area contributed by atoms with Gasteiger partial charge in [0.15, 0.2) is 0 Å². The summed E-state index contributed by atoms with van der Waals surface area (Å²) in [6.45, 7) is 8.64. The molecule has 71 valence electrons. The second kappa shape index (κ2) is 3.41. The fourth-order valence-electron chi connectivity index (χ4n) is 1.25. The Hall–Kier alpha value is -0.980. The van der Waals surface area contributed by atoms with Gasteiger partial charge in [0.1, 0.15) is 5.75 Å². The molecule has 1 aromatic rings. The van der Waals surface area contributed by atoms with Gasteiger partial charge >= 0.3 is 0 Å². The Kier molecular flexibility index (Phi) is 2.65. The number of hydrogen-bond donors (Lipinski definition) is 0. The summed E-state index contributed by atoms with van der Waals surface area (Å²) in [6.07, 6.45) is 0. The Morgan fingerprint density at radius 3 is 2.31 bits per heavy atom. The van der Waals surface area contributed by atoms with Gasteiger partial charge in [-0.3, -0.25) is 0 Å². The summed E-state index contributed by atoms with van der Waals surface area (Å²) in [5, 5.41) is 0. The maximum absolute atomic E-state index is 5.16. The van der Waals surface area contributed by atoms with Crippen LogP contribution in [0.4, 0.5) is 0 Å². The molecule has 0 aliphatic heterocycles. The Morgan fingerprint density at radius 2 is 1.92 bits per heavy atom. The summed E-state index contributed by atoms with van der Waals surface area (Å²) < 4.78 is 5.16. The van der Waals surface area contributed by atoms with Crippen LogP contribution in [0, 0.1) is 13.0 Å². The molecule has 0 unspecified atom stereocenters. The topological polar surface area (TPSA) is 9.23 Å². The molecule has 0 bridgehead atoms. The van der Waals surface area contributed by atoms with E-state index in [2.05, 4.69) is 32.9 Å². The van der Waals surface area contributed by atoms with E-state index >= 15 is 0 Å². The lowest BCUT2D eigenvalue weighted by atomic mass is 9.86. The molecule has 1 aromatic carbocycles. The second-order valence-electron chi connectivity index (χ2n) is 4.35. The molecule has 0 atom stereocenters. The molecule has 0 aliphatic carbocycles. The average molecular weight is 177 g/mol. The Bertz CT molecular complexity index is 294. The molecule has 0 heterocycles. The lowest BCUT2D eigenvalue weighted by Crippen LogP contribution is -2.11. The van der Waals surface area contributed by atoms with Crippen molar-refractivity contribution in [1.82, 2.24) is 0 Å². The smallest absolute Gasteiger partial charge is 0.129 e. The second-order valence-corrected chi connectivity index (χ2v) is 4.35. The van der Waals surface area contributed by atoms with Crippen molar-refractivity contribution in [1.29, 1.82) is 0 Å². The highest BCUT2D eigenvalue weighted by atomic mass is 16.5. The van der Waals surface area contributed by atoms with E-state index < -0.39 is 0 Å². The highest BCUT2D eigenvalue weighted by Gasteiger charge is 2.14. The van der Waals surface area contributed by atoms with E-state index in [1.807, 2.05) is 13.0 Å². The maximum Gasteiger partial charge on any atom is 0.129 e. The molecule has 1 radical (unpaired) electrons. The molecule has 1 heteroatoms. The molecule has 0 N–H and O–H groups in total. The van der Waals surface area contributed by atoms with E-state index in [0.29, 0.717) is 0 Å². The third-order valence-electron chi connectivity index (χ3n) is 2.16. The van der Waals surface area contributed by atoms with Crippen LogP contribution in [0.15, 0.2) is 12.1 Å². The number of benzene rings is 1. The quantitative estimate of drug-likeness (QED) is 0.640. The van der Waals surface area contributed by atoms with E-state index in [4.69, 9.17) is 4.74 Å². The lowest BCUT2D eigenvalue weighted by Gasteiger charge is -2.20. The SMILES string of the molecule is COc1[c]cc(C(C)(C)C)cc1C. The first-order chi connectivity index (χ1) is 5.95. The summed E-state index contributed by atoms with van der Waals surface area (Å²) in [7, 11) is 1.68. The zero-order valence-electron chi connectivity index (χ0n) is 9.06. The zero-order valence-corrected chi connectivity index (χ0v) is 9.06. The van der Waals surface area contributed by atoms with E-state index in [1.165, 1.54) is 5.56 Å². The Balaban J connectivity index is 3.10. The van der Waals surface area contributed by atoms with Crippen LogP contribution in [0.25, 0.3) is 0 Å². The third-order valence-corrected chi connectivity index (χ3v) is 2.16. The zero-order chi connectivity index (χ0) is 10.1. The Morgan fingerprint density at radius 1 is 1.31 bits per heavy atom. The molecule has 0 aromatic heterocycles. The van der Waals surface area contributed by atoms with Crippen molar-refractivity contribution < 1.29 is 4.74 Å². The van der Waals surface area contributed by atoms with Gasteiger partial charge in [-0.1, -0.05) is 26.8 Å². The van der Waals surface area contributed by atoms with Crippen LogP contribution < -0.4 is 4.74 Å². The van der Waals surface area contributed by atoms with Gasteiger partial charge in [-0.25, -0.2) is 0 Å². The summed E-state index contributed by atoms with van der Waals surface area (Å²) in [5.41, 5.74) is 2.63.